The van der Waals surface area contributed by atoms with E-state index in [-0.39, 0.29) is 11.9 Å². The van der Waals surface area contributed by atoms with Crippen LogP contribution in [0.5, 0.6) is 17.2 Å². The summed E-state index contributed by atoms with van der Waals surface area (Å²) in [6, 6.07) is 24.4. The van der Waals surface area contributed by atoms with Crippen molar-refractivity contribution in [2.75, 3.05) is 26.2 Å². The highest BCUT2D eigenvalue weighted by atomic mass is 16.5. The number of nitrogens with one attached hydrogen (secondary N) is 1. The zero-order valence-electron chi connectivity index (χ0n) is 18.9. The second-order valence-corrected chi connectivity index (χ2v) is 8.59. The first kappa shape index (κ1) is 22.2. The van der Waals surface area contributed by atoms with Crippen molar-refractivity contribution in [3.05, 3.63) is 90.1 Å². The van der Waals surface area contributed by atoms with Crippen molar-refractivity contribution < 1.29 is 19.4 Å². The molecule has 1 aromatic heterocycles. The Bertz CT molecular complexity index is 1240. The van der Waals surface area contributed by atoms with E-state index in [1.165, 1.54) is 0 Å². The standard InChI is InChI=1S/C28H28N2O4/c31-21-13-15-30(16-14-21)17-18-33-27-8-4-7-25-24(27)19-26(29-25)28(32)20-9-11-23(12-10-20)34-22-5-2-1-3-6-22/h1-12,19,21,29,31H,13-18H2. The number of nitrogens with zero attached hydrogens (tertiary/aromatic N) is 1. The maximum Gasteiger partial charge on any atom is 0.209 e. The predicted octanol–water partition coefficient (Wildman–Crippen LogP) is 5.03. The molecule has 174 valence electrons. The van der Waals surface area contributed by atoms with Gasteiger partial charge in [-0.2, -0.15) is 0 Å². The lowest BCUT2D eigenvalue weighted by Gasteiger charge is -2.29. The van der Waals surface area contributed by atoms with Crippen LogP contribution in [0.15, 0.2) is 78.9 Å². The van der Waals surface area contributed by atoms with Crippen molar-refractivity contribution >= 4 is 16.7 Å². The lowest BCUT2D eigenvalue weighted by atomic mass is 10.1. The third-order valence-electron chi connectivity index (χ3n) is 6.19. The molecule has 2 heterocycles. The number of H-pyrrole nitrogens is 1. The normalized spacial score (nSPS) is 14.9. The van der Waals surface area contributed by atoms with Gasteiger partial charge in [0.05, 0.1) is 11.8 Å². The maximum absolute atomic E-state index is 13.1. The van der Waals surface area contributed by atoms with Gasteiger partial charge in [-0.1, -0.05) is 24.3 Å². The van der Waals surface area contributed by atoms with Crippen molar-refractivity contribution in [2.45, 2.75) is 18.9 Å². The zero-order chi connectivity index (χ0) is 23.3. The smallest absolute Gasteiger partial charge is 0.209 e. The highest BCUT2D eigenvalue weighted by molar-refractivity contribution is 6.10. The number of aromatic amines is 1. The molecule has 0 radical (unpaired) electrons. The molecule has 4 aromatic rings. The molecule has 0 saturated carbocycles. The summed E-state index contributed by atoms with van der Waals surface area (Å²) in [7, 11) is 0. The molecule has 3 aromatic carbocycles. The number of aliphatic hydroxyl groups is 1. The third kappa shape index (κ3) is 5.14. The predicted molar refractivity (Wildman–Crippen MR) is 132 cm³/mol. The molecule has 1 saturated heterocycles. The number of ketones is 1. The van der Waals surface area contributed by atoms with Crippen LogP contribution in [0.3, 0.4) is 0 Å². The van der Waals surface area contributed by atoms with Crippen molar-refractivity contribution in [1.82, 2.24) is 9.88 Å². The Balaban J connectivity index is 1.25. The van der Waals surface area contributed by atoms with E-state index < -0.39 is 0 Å². The van der Waals surface area contributed by atoms with Gasteiger partial charge in [-0.25, -0.2) is 0 Å². The zero-order valence-corrected chi connectivity index (χ0v) is 18.9. The summed E-state index contributed by atoms with van der Waals surface area (Å²) in [5.41, 5.74) is 1.97. The maximum atomic E-state index is 13.1. The van der Waals surface area contributed by atoms with Gasteiger partial charge in [0, 0.05) is 36.1 Å². The fourth-order valence-electron chi connectivity index (χ4n) is 4.26. The number of hydrogen-bond acceptors (Lipinski definition) is 5. The van der Waals surface area contributed by atoms with Crippen LogP contribution < -0.4 is 9.47 Å². The Morgan fingerprint density at radius 3 is 2.44 bits per heavy atom. The molecule has 0 unspecified atom stereocenters. The minimum Gasteiger partial charge on any atom is -0.492 e. The van der Waals surface area contributed by atoms with Gasteiger partial charge in [0.2, 0.25) is 5.78 Å². The number of rotatable bonds is 8. The first-order valence-electron chi connectivity index (χ1n) is 11.7. The number of ether oxygens (including phenoxy) is 2. The van der Waals surface area contributed by atoms with E-state index in [9.17, 15) is 9.90 Å². The van der Waals surface area contributed by atoms with Gasteiger partial charge in [0.15, 0.2) is 0 Å². The Morgan fingerprint density at radius 2 is 1.68 bits per heavy atom. The van der Waals surface area contributed by atoms with E-state index >= 15 is 0 Å². The molecule has 0 atom stereocenters. The molecule has 2 N–H and O–H groups in total. The molecular formula is C28H28N2O4. The summed E-state index contributed by atoms with van der Waals surface area (Å²) >= 11 is 0. The average Bonchev–Trinajstić information content (AvgIpc) is 3.31. The van der Waals surface area contributed by atoms with Gasteiger partial charge in [0.25, 0.3) is 0 Å². The molecule has 34 heavy (non-hydrogen) atoms. The summed E-state index contributed by atoms with van der Waals surface area (Å²) in [5.74, 6) is 2.11. The number of aliphatic hydroxyl groups excluding tert-OH is 1. The summed E-state index contributed by atoms with van der Waals surface area (Å²) in [6.45, 7) is 3.17. The monoisotopic (exact) mass is 456 g/mol. The van der Waals surface area contributed by atoms with E-state index in [4.69, 9.17) is 9.47 Å². The minimum atomic E-state index is -0.172. The van der Waals surface area contributed by atoms with Crippen molar-refractivity contribution in [3.8, 4) is 17.2 Å². The lowest BCUT2D eigenvalue weighted by molar-refractivity contribution is 0.0756. The number of hydrogen-bond donors (Lipinski definition) is 2. The molecular weight excluding hydrogens is 428 g/mol. The lowest BCUT2D eigenvalue weighted by Crippen LogP contribution is -2.38. The molecule has 0 aliphatic carbocycles. The molecule has 0 spiro atoms. The van der Waals surface area contributed by atoms with Crippen LogP contribution in [0.4, 0.5) is 0 Å². The SMILES string of the molecule is O=C(c1ccc(Oc2ccccc2)cc1)c1cc2c(OCCN3CCC(O)CC3)cccc2[nH]1. The summed E-state index contributed by atoms with van der Waals surface area (Å²) in [4.78, 5) is 18.6. The summed E-state index contributed by atoms with van der Waals surface area (Å²) in [5, 5.41) is 10.5. The Labute approximate surface area is 198 Å². The van der Waals surface area contributed by atoms with Crippen LogP contribution in [-0.2, 0) is 0 Å². The van der Waals surface area contributed by atoms with Crippen molar-refractivity contribution in [2.24, 2.45) is 0 Å². The molecule has 1 aliphatic rings. The molecule has 6 nitrogen and oxygen atoms in total. The Morgan fingerprint density at radius 1 is 0.941 bits per heavy atom. The highest BCUT2D eigenvalue weighted by Crippen LogP contribution is 2.28. The largest absolute Gasteiger partial charge is 0.492 e. The number of fused-ring (bicyclic) bond motifs is 1. The van der Waals surface area contributed by atoms with E-state index in [0.29, 0.717) is 23.6 Å². The minimum absolute atomic E-state index is 0.0831. The number of carbonyl (C=O) groups excluding carboxylic acids is 1. The fraction of sp³-hybridized carbons (Fsp3) is 0.250. The van der Waals surface area contributed by atoms with Crippen LogP contribution in [-0.4, -0.2) is 53.1 Å². The van der Waals surface area contributed by atoms with Crippen LogP contribution in [0.25, 0.3) is 10.9 Å². The molecule has 6 heteroatoms. The van der Waals surface area contributed by atoms with Gasteiger partial charge in [-0.3, -0.25) is 9.69 Å². The molecule has 0 amide bonds. The second kappa shape index (κ2) is 10.1. The number of likely N-dealkylation sites (tertiary alicyclic amines) is 1. The van der Waals surface area contributed by atoms with Crippen LogP contribution in [0.2, 0.25) is 0 Å². The van der Waals surface area contributed by atoms with Crippen LogP contribution in [0, 0.1) is 0 Å². The first-order chi connectivity index (χ1) is 16.7. The van der Waals surface area contributed by atoms with Crippen molar-refractivity contribution in [3.63, 3.8) is 0 Å². The third-order valence-corrected chi connectivity index (χ3v) is 6.19. The van der Waals surface area contributed by atoms with Gasteiger partial charge >= 0.3 is 0 Å². The van der Waals surface area contributed by atoms with Gasteiger partial charge in [0.1, 0.15) is 23.9 Å². The van der Waals surface area contributed by atoms with Gasteiger partial charge < -0.3 is 19.6 Å². The second-order valence-electron chi connectivity index (χ2n) is 8.59. The Hall–Kier alpha value is -3.61. The number of aromatic nitrogens is 1. The highest BCUT2D eigenvalue weighted by Gasteiger charge is 2.17. The summed E-state index contributed by atoms with van der Waals surface area (Å²) < 4.78 is 11.9. The number of carbonyl (C=O) groups is 1. The van der Waals surface area contributed by atoms with E-state index in [1.54, 1.807) is 24.3 Å². The Kier molecular flexibility index (Phi) is 6.60. The number of piperidine rings is 1. The van der Waals surface area contributed by atoms with E-state index in [2.05, 4.69) is 9.88 Å². The van der Waals surface area contributed by atoms with Gasteiger partial charge in [-0.15, -0.1) is 0 Å². The quantitative estimate of drug-likeness (QED) is 0.364. The molecule has 1 aliphatic heterocycles. The van der Waals surface area contributed by atoms with Crippen LogP contribution >= 0.6 is 0 Å². The molecule has 1 fully saturated rings. The average molecular weight is 457 g/mol. The van der Waals surface area contributed by atoms with Gasteiger partial charge in [-0.05, 0) is 67.4 Å². The topological polar surface area (TPSA) is 74.8 Å². The van der Waals surface area contributed by atoms with E-state index in [1.807, 2.05) is 54.6 Å². The first-order valence-corrected chi connectivity index (χ1v) is 11.7. The summed E-state index contributed by atoms with van der Waals surface area (Å²) in [6.07, 6.45) is 1.46. The van der Waals surface area contributed by atoms with E-state index in [0.717, 1.165) is 54.9 Å². The van der Waals surface area contributed by atoms with Crippen molar-refractivity contribution in [1.29, 1.82) is 0 Å². The number of benzene rings is 3. The molecule has 5 rings (SSSR count). The fourth-order valence-corrected chi connectivity index (χ4v) is 4.26. The molecule has 0 bridgehead atoms. The number of para-hydroxylation sites is 1. The van der Waals surface area contributed by atoms with Crippen LogP contribution in [0.1, 0.15) is 28.9 Å².